The predicted molar refractivity (Wildman–Crippen MR) is 39.7 cm³/mol. The van der Waals surface area contributed by atoms with Crippen LogP contribution in [-0.4, -0.2) is 12.7 Å². The second-order valence-electron chi connectivity index (χ2n) is 1.73. The molecule has 12 heavy (non-hydrogen) atoms. The summed E-state index contributed by atoms with van der Waals surface area (Å²) in [6.45, 7) is 0. The molecule has 1 aromatic rings. The van der Waals surface area contributed by atoms with Gasteiger partial charge in [-0.05, 0) is 18.1 Å². The third-order valence-corrected chi connectivity index (χ3v) is 1.03. The number of hydrogen-bond donors (Lipinski definition) is 1. The average molecular weight is 167 g/mol. The third-order valence-electron chi connectivity index (χ3n) is 1.03. The molecule has 0 heterocycles. The summed E-state index contributed by atoms with van der Waals surface area (Å²) in [5, 5.41) is 16.9. The second-order valence-corrected chi connectivity index (χ2v) is 1.73. The fraction of sp³-hybridized carbons (Fsp3) is 0. The average Bonchev–Trinajstić information content (AvgIpc) is 2.22. The van der Waals surface area contributed by atoms with Gasteiger partial charge < -0.3 is 9.68 Å². The smallest absolute Gasteiger partial charge is 0.537 e. The summed E-state index contributed by atoms with van der Waals surface area (Å²) < 4.78 is 39.2. The van der Waals surface area contributed by atoms with Gasteiger partial charge in [-0.1, -0.05) is 0 Å². The van der Waals surface area contributed by atoms with Crippen molar-refractivity contribution in [3.63, 3.8) is 0 Å². The zero-order chi connectivity index (χ0) is 11.6. The van der Waals surface area contributed by atoms with Crippen LogP contribution in [-0.2, 0) is 0 Å². The lowest BCUT2D eigenvalue weighted by Crippen LogP contribution is -2.00. The molecule has 5 heteroatoms. The molecule has 3 nitrogen and oxygen atoms in total. The van der Waals surface area contributed by atoms with Crippen LogP contribution in [0.15, 0.2) is 18.1 Å². The monoisotopic (exact) mass is 167 g/mol. The van der Waals surface area contributed by atoms with Crippen LogP contribution in [0.25, 0.3) is 0 Å². The summed E-state index contributed by atoms with van der Waals surface area (Å²) in [7, 11) is 0.198. The normalized spacial score (nSPS) is 12.2. The first-order valence-corrected chi connectivity index (χ1v) is 2.86. The maximum Gasteiger partial charge on any atom is 0.569 e. The first-order valence-electron chi connectivity index (χ1n) is 4.36. The van der Waals surface area contributed by atoms with E-state index in [1.54, 1.807) is 0 Å². The number of nitrogens with zero attached hydrogens (tertiary/aromatic N) is 1. The molecule has 1 aromatic carbocycles. The highest BCUT2D eigenvalue weighted by atomic mass is 19.1. The van der Waals surface area contributed by atoms with Crippen molar-refractivity contribution >= 4 is 7.69 Å². The molecule has 1 rings (SSSR count). The van der Waals surface area contributed by atoms with E-state index in [1.807, 2.05) is 0 Å². The zero-order valence-electron chi connectivity index (χ0n) is 8.76. The van der Waals surface area contributed by atoms with E-state index in [-0.39, 0.29) is 7.69 Å². The number of halogens is 1. The van der Waals surface area contributed by atoms with Crippen LogP contribution in [0.3, 0.4) is 0 Å². The Balaban J connectivity index is 3.55. The minimum Gasteiger partial charge on any atom is -0.537 e. The van der Waals surface area contributed by atoms with E-state index in [2.05, 4.69) is 4.65 Å². The first-order chi connectivity index (χ1) is 7.04. The quantitative estimate of drug-likeness (QED) is 0.656. The van der Waals surface area contributed by atoms with Gasteiger partial charge in [-0.25, -0.2) is 4.39 Å². The van der Waals surface area contributed by atoms with Crippen LogP contribution in [0, 0.1) is 17.1 Å². The molecule has 0 aliphatic heterocycles. The van der Waals surface area contributed by atoms with Gasteiger partial charge in [0, 0.05) is 0 Å². The third kappa shape index (κ3) is 1.74. The minimum atomic E-state index is -1.24. The number of rotatable bonds is 2. The zero-order valence-corrected chi connectivity index (χ0v) is 5.76. The van der Waals surface area contributed by atoms with Gasteiger partial charge in [0.1, 0.15) is 17.6 Å². The molecule has 0 aliphatic rings. The van der Waals surface area contributed by atoms with Gasteiger partial charge in [-0.2, -0.15) is 5.26 Å². The van der Waals surface area contributed by atoms with Gasteiger partial charge >= 0.3 is 7.69 Å². The molecule has 1 radical (unpaired) electrons. The van der Waals surface area contributed by atoms with E-state index < -0.39 is 35.3 Å². The number of benzene rings is 1. The molecule has 0 aliphatic carbocycles. The molecule has 0 bridgehead atoms. The molecule has 0 unspecified atom stereocenters. The van der Waals surface area contributed by atoms with Crippen molar-refractivity contribution in [2.75, 3.05) is 0 Å². The topological polar surface area (TPSA) is 53.2 Å². The van der Waals surface area contributed by atoms with E-state index in [9.17, 15) is 4.39 Å². The molecule has 0 saturated heterocycles. The Bertz CT molecular complexity index is 449. The van der Waals surface area contributed by atoms with Crippen molar-refractivity contribution in [3.8, 4) is 11.8 Å². The molecular weight excluding hydrogens is 160 g/mol. The Labute approximate surface area is 73.5 Å². The fourth-order valence-corrected chi connectivity index (χ4v) is 0.562. The van der Waals surface area contributed by atoms with Crippen molar-refractivity contribution in [3.05, 3.63) is 29.5 Å². The summed E-state index contributed by atoms with van der Waals surface area (Å²) in [6, 6.07) is -0.817. The van der Waals surface area contributed by atoms with E-state index in [1.165, 1.54) is 6.07 Å². The van der Waals surface area contributed by atoms with Gasteiger partial charge in [0.15, 0.2) is 0 Å². The number of nitriles is 1. The maximum atomic E-state index is 13.2. The first kappa shape index (κ1) is 5.17. The molecule has 0 fully saturated rings. The van der Waals surface area contributed by atoms with Gasteiger partial charge in [0.05, 0.1) is 9.68 Å². The lowest BCUT2D eigenvalue weighted by Gasteiger charge is -2.00. The molecule has 0 saturated carbocycles. The number of hydrogen-bond acceptors (Lipinski definition) is 3. The summed E-state index contributed by atoms with van der Waals surface area (Å²) >= 11 is 0. The molecule has 0 aromatic heterocycles. The predicted octanol–water partition coefficient (Wildman–Crippen LogP) is 0.603. The maximum absolute atomic E-state index is 13.2. The van der Waals surface area contributed by atoms with E-state index >= 15 is 0 Å². The highest BCUT2D eigenvalue weighted by molar-refractivity contribution is 6.17. The van der Waals surface area contributed by atoms with Gasteiger partial charge in [-0.15, -0.1) is 0 Å². The van der Waals surface area contributed by atoms with Gasteiger partial charge in [-0.3, -0.25) is 0 Å². The summed E-state index contributed by atoms with van der Waals surface area (Å²) in [4.78, 5) is 0. The molecule has 0 amide bonds. The lowest BCUT2D eigenvalue weighted by atomic mass is 10.2. The summed E-state index contributed by atoms with van der Waals surface area (Å²) in [6.07, 6.45) is 0. The van der Waals surface area contributed by atoms with Crippen molar-refractivity contribution in [1.29, 1.82) is 5.26 Å². The van der Waals surface area contributed by atoms with Crippen LogP contribution < -0.4 is 4.65 Å². The molecule has 0 atom stereocenters. The van der Waals surface area contributed by atoms with Crippen LogP contribution >= 0.6 is 0 Å². The van der Waals surface area contributed by atoms with E-state index in [0.29, 0.717) is 0 Å². The largest absolute Gasteiger partial charge is 0.569 e. The summed E-state index contributed by atoms with van der Waals surface area (Å²) in [5.41, 5.74) is -0.687. The Kier molecular flexibility index (Phi) is 1.61. The van der Waals surface area contributed by atoms with Crippen molar-refractivity contribution in [2.45, 2.75) is 0 Å². The minimum absolute atomic E-state index is 0.198. The molecular formula is C7H4BFNO2. The lowest BCUT2D eigenvalue weighted by molar-refractivity contribution is 0.452. The molecule has 59 valence electrons. The Morgan fingerprint density at radius 2 is 2.50 bits per heavy atom. The van der Waals surface area contributed by atoms with Gasteiger partial charge in [0.2, 0.25) is 0 Å². The molecule has 0 spiro atoms. The van der Waals surface area contributed by atoms with Crippen LogP contribution in [0.2, 0.25) is 0 Å². The van der Waals surface area contributed by atoms with Crippen LogP contribution in [0.4, 0.5) is 4.39 Å². The summed E-state index contributed by atoms with van der Waals surface area (Å²) in [5.74, 6) is -1.77. The highest BCUT2D eigenvalue weighted by Gasteiger charge is 2.02. The SMILES string of the molecule is [2H]c1c([2H])c(O[B]O)c([2H])c(C#N)c1F. The highest BCUT2D eigenvalue weighted by Crippen LogP contribution is 2.15. The second kappa shape index (κ2) is 3.74. The van der Waals surface area contributed by atoms with Crippen LogP contribution in [0.5, 0.6) is 5.75 Å². The van der Waals surface area contributed by atoms with Gasteiger partial charge in [0.25, 0.3) is 0 Å². The van der Waals surface area contributed by atoms with Crippen LogP contribution in [0.1, 0.15) is 9.68 Å². The Morgan fingerprint density at radius 1 is 1.75 bits per heavy atom. The van der Waals surface area contributed by atoms with Crippen molar-refractivity contribution in [2.24, 2.45) is 0 Å². The standard InChI is InChI=1S/C7H4BFNO2/c9-7-2-1-6(12-8-11)3-5(7)4-10/h1-3,11H/i1D,2D,3D. The fourth-order valence-electron chi connectivity index (χ4n) is 0.562. The van der Waals surface area contributed by atoms with E-state index in [0.717, 1.165) is 0 Å². The van der Waals surface area contributed by atoms with Crippen molar-refractivity contribution < 1.29 is 18.2 Å². The molecule has 1 N–H and O–H groups in total. The Morgan fingerprint density at radius 3 is 3.08 bits per heavy atom. The van der Waals surface area contributed by atoms with E-state index in [4.69, 9.17) is 14.4 Å². The Hall–Kier alpha value is -1.54. The van der Waals surface area contributed by atoms with Crippen molar-refractivity contribution in [1.82, 2.24) is 0 Å².